The molecule has 20 rings (SSSR count). The van der Waals surface area contributed by atoms with Gasteiger partial charge in [0.15, 0.2) is 0 Å². The number of carbonyl (C=O) groups excluding carboxylic acids is 4. The van der Waals surface area contributed by atoms with Crippen LogP contribution in [0.3, 0.4) is 0 Å². The molecule has 4 spiro atoms. The minimum Gasteiger partial charge on any atom is -0.495 e. The van der Waals surface area contributed by atoms with Gasteiger partial charge in [0.05, 0.1) is 170 Å². The number of rotatable bonds is 25. The lowest BCUT2D eigenvalue weighted by atomic mass is 9.68. The molecular weight excluding hydrogens is 1760 g/mol. The van der Waals surface area contributed by atoms with Crippen LogP contribution < -0.4 is 55.1 Å². The number of ether oxygens (including phenoxy) is 3. The maximum Gasteiger partial charge on any atom is 0.325 e. The lowest BCUT2D eigenvalue weighted by molar-refractivity contribution is -0.0692. The van der Waals surface area contributed by atoms with Crippen molar-refractivity contribution in [3.05, 3.63) is 233 Å². The zero-order valence-corrected chi connectivity index (χ0v) is 82.2. The van der Waals surface area contributed by atoms with E-state index in [1.54, 1.807) is 76.3 Å². The molecule has 29 nitrogen and oxygen atoms in total. The van der Waals surface area contributed by atoms with Crippen molar-refractivity contribution < 1.29 is 53.8 Å². The number of aliphatic hydroxyl groups is 4. The third-order valence-corrected chi connectivity index (χ3v) is 34.2. The molecule has 736 valence electrons. The first-order chi connectivity index (χ1) is 67.6. The molecule has 5 heterocycles. The monoisotopic (exact) mass is 1900 g/mol. The van der Waals surface area contributed by atoms with Gasteiger partial charge in [0, 0.05) is 34.3 Å². The number of anilines is 4. The van der Waals surface area contributed by atoms with Crippen molar-refractivity contribution in [3.8, 4) is 41.7 Å². The van der Waals surface area contributed by atoms with Crippen molar-refractivity contribution in [2.75, 3.05) is 120 Å². The highest BCUT2D eigenvalue weighted by atomic mass is 16.5. The maximum atomic E-state index is 14.0. The summed E-state index contributed by atoms with van der Waals surface area (Å²) in [6.07, 6.45) is 25.1. The van der Waals surface area contributed by atoms with Crippen LogP contribution in [-0.4, -0.2) is 220 Å². The van der Waals surface area contributed by atoms with Crippen LogP contribution in [-0.2, 0) is 22.2 Å². The van der Waals surface area contributed by atoms with Crippen LogP contribution in [0.15, 0.2) is 188 Å². The van der Waals surface area contributed by atoms with Gasteiger partial charge in [-0.1, -0.05) is 147 Å². The molecule has 4 saturated heterocycles. The number of nitrogens with zero attached hydrogens (tertiary/aromatic N) is 14. The van der Waals surface area contributed by atoms with Crippen LogP contribution in [0.4, 0.5) is 41.9 Å². The van der Waals surface area contributed by atoms with Gasteiger partial charge in [-0.25, -0.2) is 24.2 Å². The van der Waals surface area contributed by atoms with E-state index in [0.717, 1.165) is 180 Å². The SMILES string of the molecule is CCNC1(c2ccccc2)CCC2(CC1)CN(c1ccc(C#N)cc1OC)C(=O)N2CC1(O)CCC1.CCNC1(c2ccccc2)CCC2(CC1)CN(c1ccccc1C#N)C(=O)N2CC1(O)CCC1.CNC1(c2ccccc2)CCC2(CC1)CN(c1ccc(C#N)cc1OC)C(=O)N2CC1(O)CCC1.CNC1(c2ccccc2)CCC2(CC1)CN(c1cnc(C#N)nc1OC)C(=O)N2CC1(O)CCC1. The Labute approximate surface area is 823 Å². The molecule has 12 fully saturated rings. The van der Waals surface area contributed by atoms with E-state index < -0.39 is 27.9 Å². The highest BCUT2D eigenvalue weighted by Crippen LogP contribution is 2.56. The van der Waals surface area contributed by atoms with Crippen molar-refractivity contribution in [1.82, 2.24) is 50.8 Å². The summed E-state index contributed by atoms with van der Waals surface area (Å²) in [7, 11) is 8.63. The Morgan fingerprint density at radius 2 is 0.636 bits per heavy atom. The molecular formula is C111H136N18O11. The number of nitrogens with one attached hydrogen (secondary N) is 4. The van der Waals surface area contributed by atoms with Gasteiger partial charge >= 0.3 is 24.1 Å². The average Bonchev–Trinajstić information content (AvgIpc) is 1.59. The molecule has 8 aromatic rings. The van der Waals surface area contributed by atoms with Crippen molar-refractivity contribution in [3.63, 3.8) is 0 Å². The van der Waals surface area contributed by atoms with Gasteiger partial charge in [0.25, 0.3) is 0 Å². The quantitative estimate of drug-likeness (QED) is 0.0263. The normalized spacial score (nSPS) is 27.6. The standard InChI is InChI=1S/C29H36N4O3.C28H34N4O3.C28H34N4O2.C26H32N6O3/c1-3-31-29(23-8-5-4-6-9-23)16-14-27(15-17-29)20-32(24-11-10-22(19-30)18-25(24)36-2)26(34)33(27)21-28(35)12-7-13-28;1-30-28(22-7-4-3-5-8-22)15-13-26(14-16-28)19-31(23-10-9-21(18-29)17-24(23)35-2)25(33)32(26)20-27(34)11-6-12-27;1-2-30-28(23-10-4-3-5-11-23)17-15-26(16-18-28)20-31(24-12-7-6-9-22(24)19-29)25(33)32(26)21-27(34)13-8-14-27;1-28-26(19-7-4-3-5-8-19)13-11-24(12-14-26)17-31(20-16-29-21(15-27)30-22(20)35-2)23(33)32(24)18-25(34)9-6-10-25/h4-6,8-11,18,31,35H,3,7,12-17,20-21H2,1-2H3;3-5,7-10,17,30,34H,6,11-16,19-20H2,1-2H3;3-7,9-12,30,34H,2,8,13-18,20-21H2,1H3;3-5,7-8,16,28,34H,6,9-14,17-18H2,1-2H3. The summed E-state index contributed by atoms with van der Waals surface area (Å²) in [4.78, 5) is 78.7. The summed E-state index contributed by atoms with van der Waals surface area (Å²) in [5, 5.41) is 96.5. The van der Waals surface area contributed by atoms with Gasteiger partial charge in [0.1, 0.15) is 29.3 Å². The van der Waals surface area contributed by atoms with E-state index in [9.17, 15) is 60.7 Å². The molecule has 8 aliphatic carbocycles. The van der Waals surface area contributed by atoms with Crippen molar-refractivity contribution >= 4 is 46.9 Å². The van der Waals surface area contributed by atoms with Crippen LogP contribution >= 0.6 is 0 Å². The second-order valence-electron chi connectivity index (χ2n) is 41.7. The fourth-order valence-corrected chi connectivity index (χ4v) is 25.0. The van der Waals surface area contributed by atoms with Gasteiger partial charge in [-0.05, 0) is 266 Å². The number of aromatic nitrogens is 2. The Kier molecular flexibility index (Phi) is 28.7. The number of β-amino-alcohol motifs (C(OH)–C–C–N with tert-alkyl or cyclic N) is 4. The van der Waals surface area contributed by atoms with E-state index in [2.05, 4.69) is 166 Å². The summed E-state index contributed by atoms with van der Waals surface area (Å²) in [5.74, 6) is 1.23. The maximum absolute atomic E-state index is 14.0. The molecule has 0 unspecified atom stereocenters. The summed E-state index contributed by atoms with van der Waals surface area (Å²) >= 11 is 0. The first-order valence-electron chi connectivity index (χ1n) is 50.4. The number of benzene rings is 7. The molecule has 8 N–H and O–H groups in total. The number of carbonyl (C=O) groups is 4. The summed E-state index contributed by atoms with van der Waals surface area (Å²) < 4.78 is 16.6. The molecule has 8 amide bonds. The van der Waals surface area contributed by atoms with Crippen LogP contribution in [0.5, 0.6) is 17.4 Å². The lowest BCUT2D eigenvalue weighted by Gasteiger charge is -2.50. The number of para-hydroxylation sites is 1. The third kappa shape index (κ3) is 18.9. The van der Waals surface area contributed by atoms with Gasteiger partial charge in [-0.2, -0.15) is 26.0 Å². The van der Waals surface area contributed by atoms with Crippen LogP contribution in [0.25, 0.3) is 0 Å². The number of hydrogen-bond acceptors (Lipinski definition) is 21. The fraction of sp³-hybridized carbons (Fsp3) is 0.514. The second kappa shape index (κ2) is 40.4. The molecule has 8 saturated carbocycles. The lowest BCUT2D eigenvalue weighted by Crippen LogP contribution is -2.59. The number of urea groups is 4. The number of nitriles is 4. The van der Waals surface area contributed by atoms with E-state index in [-0.39, 0.29) is 74.6 Å². The van der Waals surface area contributed by atoms with Crippen LogP contribution in [0.1, 0.15) is 238 Å². The predicted octanol–water partition coefficient (Wildman–Crippen LogP) is 16.2. The Hall–Kier alpha value is -12.3. The Morgan fingerprint density at radius 3 is 0.907 bits per heavy atom. The summed E-state index contributed by atoms with van der Waals surface area (Å²) in [6.45, 7) is 9.55. The van der Waals surface area contributed by atoms with Gasteiger partial charge in [-0.15, -0.1) is 0 Å². The van der Waals surface area contributed by atoms with E-state index >= 15 is 0 Å². The van der Waals surface area contributed by atoms with Crippen molar-refractivity contribution in [2.45, 2.75) is 260 Å². The minimum atomic E-state index is -0.832. The third-order valence-electron chi connectivity index (χ3n) is 34.2. The van der Waals surface area contributed by atoms with Gasteiger partial charge < -0.3 is 75.5 Å². The number of methoxy groups -OCH3 is 3. The zero-order chi connectivity index (χ0) is 98.6. The summed E-state index contributed by atoms with van der Waals surface area (Å²) in [5.41, 5.74) is 3.85. The van der Waals surface area contributed by atoms with Gasteiger partial charge in [0.2, 0.25) is 11.7 Å². The predicted molar refractivity (Wildman–Crippen MR) is 536 cm³/mol. The van der Waals surface area contributed by atoms with Crippen LogP contribution in [0.2, 0.25) is 0 Å². The highest BCUT2D eigenvalue weighted by Gasteiger charge is 2.63. The van der Waals surface area contributed by atoms with E-state index in [0.29, 0.717) is 116 Å². The first-order valence-corrected chi connectivity index (χ1v) is 50.4. The topological polar surface area (TPSA) is 372 Å². The van der Waals surface area contributed by atoms with Gasteiger partial charge in [-0.3, -0.25) is 19.6 Å². The van der Waals surface area contributed by atoms with E-state index in [4.69, 9.17) is 14.2 Å². The molecule has 140 heavy (non-hydrogen) atoms. The van der Waals surface area contributed by atoms with Crippen molar-refractivity contribution in [1.29, 1.82) is 21.0 Å². The number of amides is 8. The Morgan fingerprint density at radius 1 is 0.343 bits per heavy atom. The molecule has 1 aromatic heterocycles. The molecule has 12 aliphatic rings. The smallest absolute Gasteiger partial charge is 0.325 e. The first kappa shape index (κ1) is 99.3. The van der Waals surface area contributed by atoms with Crippen LogP contribution in [0, 0.1) is 45.3 Å². The molecule has 29 heteroatoms. The molecule has 0 atom stereocenters. The van der Waals surface area contributed by atoms with Crippen molar-refractivity contribution in [2.24, 2.45) is 0 Å². The fourth-order valence-electron chi connectivity index (χ4n) is 25.0. The Balaban J connectivity index is 0.000000129. The van der Waals surface area contributed by atoms with E-state index in [1.165, 1.54) is 35.6 Å². The zero-order valence-electron chi connectivity index (χ0n) is 82.2. The second-order valence-corrected chi connectivity index (χ2v) is 41.7. The molecule has 7 aromatic carbocycles. The number of hydrogen-bond donors (Lipinski definition) is 8. The molecule has 0 bridgehead atoms. The molecule has 4 aliphatic heterocycles. The van der Waals surface area contributed by atoms with E-state index in [1.807, 2.05) is 76.2 Å². The average molecular weight is 1900 g/mol. The Bertz CT molecular complexity index is 5750. The minimum absolute atomic E-state index is 0.00748. The highest BCUT2D eigenvalue weighted by molar-refractivity contribution is 6.00. The largest absolute Gasteiger partial charge is 0.495 e. The summed E-state index contributed by atoms with van der Waals surface area (Å²) in [6, 6.07) is 68.1. The molecule has 0 radical (unpaired) electrons.